The lowest BCUT2D eigenvalue weighted by Gasteiger charge is -2.32. The van der Waals surface area contributed by atoms with E-state index in [2.05, 4.69) is 9.97 Å². The molecule has 4 rings (SSSR count). The molecule has 0 radical (unpaired) electrons. The highest BCUT2D eigenvalue weighted by Crippen LogP contribution is 2.33. The molecule has 1 aromatic carbocycles. The molecule has 1 fully saturated rings. The summed E-state index contributed by atoms with van der Waals surface area (Å²) in [5.74, 6) is 0.814. The normalized spacial score (nSPS) is 17.1. The fraction of sp³-hybridized carbons (Fsp3) is 0.364. The first-order valence-electron chi connectivity index (χ1n) is 9.88. The van der Waals surface area contributed by atoms with Gasteiger partial charge in [0, 0.05) is 24.7 Å². The number of H-pyrrole nitrogens is 1. The Kier molecular flexibility index (Phi) is 5.51. The highest BCUT2D eigenvalue weighted by molar-refractivity contribution is 5.97. The van der Waals surface area contributed by atoms with Gasteiger partial charge in [0.25, 0.3) is 5.91 Å². The van der Waals surface area contributed by atoms with Crippen LogP contribution in [0.15, 0.2) is 36.4 Å². The molecule has 9 heteroatoms. The summed E-state index contributed by atoms with van der Waals surface area (Å²) in [6, 6.07) is 9.07. The molecule has 0 bridgehead atoms. The van der Waals surface area contributed by atoms with Crippen LogP contribution in [0.4, 0.5) is 13.2 Å². The third-order valence-corrected chi connectivity index (χ3v) is 5.57. The molecule has 31 heavy (non-hydrogen) atoms. The summed E-state index contributed by atoms with van der Waals surface area (Å²) in [6.45, 7) is 1.03. The molecule has 0 spiro atoms. The predicted octanol–water partition coefficient (Wildman–Crippen LogP) is 4.62. The summed E-state index contributed by atoms with van der Waals surface area (Å²) in [5, 5.41) is 0. The van der Waals surface area contributed by atoms with E-state index >= 15 is 0 Å². The Morgan fingerprint density at radius 2 is 1.97 bits per heavy atom. The number of alkyl halides is 3. The van der Waals surface area contributed by atoms with Crippen LogP contribution in [0.2, 0.25) is 0 Å². The van der Waals surface area contributed by atoms with Crippen LogP contribution in [0.1, 0.15) is 40.5 Å². The summed E-state index contributed by atoms with van der Waals surface area (Å²) in [7, 11) is 3.03. The number of amides is 1. The minimum Gasteiger partial charge on any atom is -0.497 e. The van der Waals surface area contributed by atoms with Crippen molar-refractivity contribution in [3.05, 3.63) is 53.3 Å². The SMILES string of the molecule is COc1ccc(OC)c(C(=O)N2CCCC(c3cc4nc(C(F)(F)F)ccc4[nH]3)C2)c1. The molecule has 1 unspecified atom stereocenters. The van der Waals surface area contributed by atoms with Gasteiger partial charge in [-0.05, 0) is 49.2 Å². The van der Waals surface area contributed by atoms with Gasteiger partial charge in [-0.2, -0.15) is 13.2 Å². The van der Waals surface area contributed by atoms with Crippen molar-refractivity contribution >= 4 is 16.9 Å². The maximum Gasteiger partial charge on any atom is 0.433 e. The van der Waals surface area contributed by atoms with Gasteiger partial charge in [-0.3, -0.25) is 4.79 Å². The fourth-order valence-corrected chi connectivity index (χ4v) is 3.97. The van der Waals surface area contributed by atoms with Crippen molar-refractivity contribution in [3.63, 3.8) is 0 Å². The van der Waals surface area contributed by atoms with Gasteiger partial charge in [0.15, 0.2) is 0 Å². The summed E-state index contributed by atoms with van der Waals surface area (Å²) < 4.78 is 49.4. The Bertz CT molecular complexity index is 1110. The molecule has 3 aromatic rings. The number of hydrogen-bond acceptors (Lipinski definition) is 4. The lowest BCUT2D eigenvalue weighted by molar-refractivity contribution is -0.140. The Hall–Kier alpha value is -3.23. The van der Waals surface area contributed by atoms with E-state index < -0.39 is 11.9 Å². The summed E-state index contributed by atoms with van der Waals surface area (Å²) >= 11 is 0. The maximum absolute atomic E-state index is 13.2. The molecular formula is C22H22F3N3O3. The minimum absolute atomic E-state index is 0.0298. The highest BCUT2D eigenvalue weighted by atomic mass is 19.4. The molecule has 1 N–H and O–H groups in total. The van der Waals surface area contributed by atoms with Crippen LogP contribution >= 0.6 is 0 Å². The molecule has 1 amide bonds. The van der Waals surface area contributed by atoms with Crippen LogP contribution < -0.4 is 9.47 Å². The Labute approximate surface area is 177 Å². The first kappa shape index (κ1) is 21.0. The third-order valence-electron chi connectivity index (χ3n) is 5.57. The molecule has 1 aliphatic rings. The van der Waals surface area contributed by atoms with Crippen molar-refractivity contribution in [2.24, 2.45) is 0 Å². The Morgan fingerprint density at radius 1 is 1.16 bits per heavy atom. The van der Waals surface area contributed by atoms with Crippen LogP contribution in [0.3, 0.4) is 0 Å². The first-order valence-corrected chi connectivity index (χ1v) is 9.88. The molecular weight excluding hydrogens is 411 g/mol. The van der Waals surface area contributed by atoms with Crippen LogP contribution in [0.25, 0.3) is 11.0 Å². The fourth-order valence-electron chi connectivity index (χ4n) is 3.97. The van der Waals surface area contributed by atoms with Crippen LogP contribution in [0, 0.1) is 0 Å². The molecule has 3 heterocycles. The van der Waals surface area contributed by atoms with Crippen molar-refractivity contribution in [1.82, 2.24) is 14.9 Å². The number of fused-ring (bicyclic) bond motifs is 1. The molecule has 6 nitrogen and oxygen atoms in total. The second-order valence-corrected chi connectivity index (χ2v) is 7.51. The quantitative estimate of drug-likeness (QED) is 0.652. The molecule has 2 aromatic heterocycles. The van der Waals surface area contributed by atoms with E-state index in [4.69, 9.17) is 9.47 Å². The van der Waals surface area contributed by atoms with Gasteiger partial charge < -0.3 is 19.4 Å². The molecule has 1 atom stereocenters. The number of nitrogens with one attached hydrogen (secondary N) is 1. The predicted molar refractivity (Wildman–Crippen MR) is 109 cm³/mol. The number of halogens is 3. The second kappa shape index (κ2) is 8.13. The summed E-state index contributed by atoms with van der Waals surface area (Å²) in [5.41, 5.74) is 1.08. The zero-order valence-corrected chi connectivity index (χ0v) is 17.1. The van der Waals surface area contributed by atoms with Crippen molar-refractivity contribution in [3.8, 4) is 11.5 Å². The number of rotatable bonds is 4. The number of hydrogen-bond donors (Lipinski definition) is 1. The molecule has 1 saturated heterocycles. The zero-order valence-electron chi connectivity index (χ0n) is 17.1. The van der Waals surface area contributed by atoms with Gasteiger partial charge in [-0.1, -0.05) is 0 Å². The lowest BCUT2D eigenvalue weighted by atomic mass is 9.94. The molecule has 1 aliphatic heterocycles. The number of methoxy groups -OCH3 is 2. The van der Waals surface area contributed by atoms with E-state index in [0.717, 1.165) is 24.6 Å². The van der Waals surface area contributed by atoms with E-state index in [1.54, 1.807) is 29.2 Å². The third kappa shape index (κ3) is 4.17. The van der Waals surface area contributed by atoms with Gasteiger partial charge in [-0.15, -0.1) is 0 Å². The van der Waals surface area contributed by atoms with E-state index in [1.165, 1.54) is 20.3 Å². The number of aromatic amines is 1. The average Bonchev–Trinajstić information content (AvgIpc) is 3.21. The van der Waals surface area contributed by atoms with E-state index in [1.807, 2.05) is 0 Å². The topological polar surface area (TPSA) is 67.5 Å². The minimum atomic E-state index is -4.49. The van der Waals surface area contributed by atoms with Crippen molar-refractivity contribution in [2.45, 2.75) is 24.9 Å². The highest BCUT2D eigenvalue weighted by Gasteiger charge is 2.33. The largest absolute Gasteiger partial charge is 0.497 e. The lowest BCUT2D eigenvalue weighted by Crippen LogP contribution is -2.39. The number of aromatic nitrogens is 2. The standard InChI is InChI=1S/C22H22F3N3O3/c1-30-14-5-7-19(31-2)15(10-14)21(29)28-9-3-4-13(12-28)17-11-18-16(26-17)6-8-20(27-18)22(23,24)25/h5-8,10-11,13,26H,3-4,9,12H2,1-2H3. The first-order chi connectivity index (χ1) is 14.8. The number of carbonyl (C=O) groups is 1. The number of carbonyl (C=O) groups excluding carboxylic acids is 1. The number of ether oxygens (including phenoxy) is 2. The van der Waals surface area contributed by atoms with Gasteiger partial charge in [0.2, 0.25) is 0 Å². The van der Waals surface area contributed by atoms with Crippen molar-refractivity contribution < 1.29 is 27.4 Å². The Morgan fingerprint density at radius 3 is 2.68 bits per heavy atom. The smallest absolute Gasteiger partial charge is 0.433 e. The number of pyridine rings is 1. The van der Waals surface area contributed by atoms with Gasteiger partial charge >= 0.3 is 6.18 Å². The van der Waals surface area contributed by atoms with E-state index in [-0.39, 0.29) is 17.3 Å². The van der Waals surface area contributed by atoms with Gasteiger partial charge in [0.05, 0.1) is 30.8 Å². The molecule has 164 valence electrons. The Balaban J connectivity index is 1.58. The van der Waals surface area contributed by atoms with E-state index in [9.17, 15) is 18.0 Å². The van der Waals surface area contributed by atoms with Crippen molar-refractivity contribution in [1.29, 1.82) is 0 Å². The number of nitrogens with zero attached hydrogens (tertiary/aromatic N) is 2. The van der Waals surface area contributed by atoms with Crippen LogP contribution in [-0.2, 0) is 6.18 Å². The number of piperidine rings is 1. The number of likely N-dealkylation sites (tertiary alicyclic amines) is 1. The molecule has 0 aliphatic carbocycles. The van der Waals surface area contributed by atoms with Crippen molar-refractivity contribution in [2.75, 3.05) is 27.3 Å². The number of benzene rings is 1. The monoisotopic (exact) mass is 433 g/mol. The van der Waals surface area contributed by atoms with Crippen LogP contribution in [0.5, 0.6) is 11.5 Å². The summed E-state index contributed by atoms with van der Waals surface area (Å²) in [4.78, 5) is 21.8. The molecule has 0 saturated carbocycles. The van der Waals surface area contributed by atoms with Gasteiger partial charge in [-0.25, -0.2) is 4.98 Å². The van der Waals surface area contributed by atoms with Crippen LogP contribution in [-0.4, -0.2) is 48.1 Å². The zero-order chi connectivity index (χ0) is 22.2. The average molecular weight is 433 g/mol. The van der Waals surface area contributed by atoms with E-state index in [0.29, 0.717) is 35.7 Å². The van der Waals surface area contributed by atoms with Gasteiger partial charge in [0.1, 0.15) is 17.2 Å². The maximum atomic E-state index is 13.2. The summed E-state index contributed by atoms with van der Waals surface area (Å²) in [6.07, 6.45) is -2.90. The second-order valence-electron chi connectivity index (χ2n) is 7.51.